The molecule has 0 unspecified atom stereocenters. The second kappa shape index (κ2) is 6.11. The highest BCUT2D eigenvalue weighted by Crippen LogP contribution is 2.18. The van der Waals surface area contributed by atoms with Crippen LogP contribution in [0.5, 0.6) is 0 Å². The van der Waals surface area contributed by atoms with E-state index in [2.05, 4.69) is 0 Å². The van der Waals surface area contributed by atoms with Crippen LogP contribution in [0.1, 0.15) is 25.8 Å². The lowest BCUT2D eigenvalue weighted by Crippen LogP contribution is -2.18. The van der Waals surface area contributed by atoms with Gasteiger partial charge in [-0.3, -0.25) is 4.79 Å². The maximum absolute atomic E-state index is 11.1. The predicted molar refractivity (Wildman–Crippen MR) is 66.1 cm³/mol. The minimum atomic E-state index is -0.749. The summed E-state index contributed by atoms with van der Waals surface area (Å²) in [6, 6.07) is 9.76. The fraction of sp³-hybridized carbons (Fsp3) is 0.357. The standard InChI is InChI=1S/C14H18O2/c1-3-11(2)13(14(15)16)10-9-12-7-5-4-6-8-12/h4-11,13H,3H2,1-2H3,(H,15,16)/b10-9+/t11-,13+/m1/s1. The highest BCUT2D eigenvalue weighted by Gasteiger charge is 2.19. The van der Waals surface area contributed by atoms with Crippen molar-refractivity contribution in [3.63, 3.8) is 0 Å². The minimum Gasteiger partial charge on any atom is -0.481 e. The maximum Gasteiger partial charge on any atom is 0.310 e. The van der Waals surface area contributed by atoms with Crippen LogP contribution in [0.25, 0.3) is 6.08 Å². The number of aliphatic carboxylic acids is 1. The van der Waals surface area contributed by atoms with E-state index in [1.165, 1.54) is 0 Å². The number of carbonyl (C=O) groups is 1. The van der Waals surface area contributed by atoms with Crippen molar-refractivity contribution in [2.75, 3.05) is 0 Å². The molecule has 0 spiro atoms. The Bertz CT molecular complexity index is 354. The average molecular weight is 218 g/mol. The molecule has 86 valence electrons. The molecule has 1 N–H and O–H groups in total. The van der Waals surface area contributed by atoms with Crippen LogP contribution in [-0.4, -0.2) is 11.1 Å². The molecule has 2 heteroatoms. The van der Waals surface area contributed by atoms with Crippen LogP contribution in [0.4, 0.5) is 0 Å². The van der Waals surface area contributed by atoms with Gasteiger partial charge >= 0.3 is 5.97 Å². The SMILES string of the molecule is CC[C@@H](C)[C@H](/C=C/c1ccccc1)C(=O)O. The highest BCUT2D eigenvalue weighted by molar-refractivity contribution is 5.74. The van der Waals surface area contributed by atoms with Crippen molar-refractivity contribution in [3.8, 4) is 0 Å². The highest BCUT2D eigenvalue weighted by atomic mass is 16.4. The summed E-state index contributed by atoms with van der Waals surface area (Å²) in [6.07, 6.45) is 4.53. The summed E-state index contributed by atoms with van der Waals surface area (Å²) in [6.45, 7) is 3.98. The zero-order valence-electron chi connectivity index (χ0n) is 9.76. The molecule has 0 aliphatic carbocycles. The van der Waals surface area contributed by atoms with Crippen LogP contribution in [0.15, 0.2) is 36.4 Å². The van der Waals surface area contributed by atoms with Gasteiger partial charge in [0.2, 0.25) is 0 Å². The van der Waals surface area contributed by atoms with Crippen molar-refractivity contribution < 1.29 is 9.90 Å². The van der Waals surface area contributed by atoms with Crippen LogP contribution in [0.3, 0.4) is 0 Å². The summed E-state index contributed by atoms with van der Waals surface area (Å²) in [5.74, 6) is -0.982. The normalized spacial score (nSPS) is 14.9. The molecule has 16 heavy (non-hydrogen) atoms. The van der Waals surface area contributed by atoms with Gasteiger partial charge in [0.1, 0.15) is 0 Å². The molecule has 2 nitrogen and oxygen atoms in total. The quantitative estimate of drug-likeness (QED) is 0.821. The van der Waals surface area contributed by atoms with E-state index in [0.29, 0.717) is 0 Å². The van der Waals surface area contributed by atoms with Crippen molar-refractivity contribution in [2.24, 2.45) is 11.8 Å². The van der Waals surface area contributed by atoms with E-state index in [-0.39, 0.29) is 5.92 Å². The Kier molecular flexibility index (Phi) is 4.77. The van der Waals surface area contributed by atoms with Crippen LogP contribution < -0.4 is 0 Å². The van der Waals surface area contributed by atoms with Crippen LogP contribution in [0.2, 0.25) is 0 Å². The Morgan fingerprint density at radius 1 is 1.38 bits per heavy atom. The Labute approximate surface area is 96.6 Å². The Hall–Kier alpha value is -1.57. The first-order valence-corrected chi connectivity index (χ1v) is 5.61. The molecule has 0 radical (unpaired) electrons. The summed E-state index contributed by atoms with van der Waals surface area (Å²) in [7, 11) is 0. The van der Waals surface area contributed by atoms with Gasteiger partial charge in [-0.2, -0.15) is 0 Å². The molecular weight excluding hydrogens is 200 g/mol. The lowest BCUT2D eigenvalue weighted by atomic mass is 9.91. The van der Waals surface area contributed by atoms with Gasteiger partial charge in [0, 0.05) is 0 Å². The largest absolute Gasteiger partial charge is 0.481 e. The van der Waals surface area contributed by atoms with E-state index in [9.17, 15) is 4.79 Å². The lowest BCUT2D eigenvalue weighted by molar-refractivity contribution is -0.141. The zero-order chi connectivity index (χ0) is 12.0. The summed E-state index contributed by atoms with van der Waals surface area (Å²) in [5.41, 5.74) is 1.04. The molecule has 1 aromatic carbocycles. The molecular formula is C14H18O2. The van der Waals surface area contributed by atoms with Crippen molar-refractivity contribution in [1.29, 1.82) is 0 Å². The minimum absolute atomic E-state index is 0.164. The summed E-state index contributed by atoms with van der Waals surface area (Å²) >= 11 is 0. The van der Waals surface area contributed by atoms with E-state index in [1.807, 2.05) is 50.3 Å². The van der Waals surface area contributed by atoms with Gasteiger partial charge < -0.3 is 5.11 Å². The van der Waals surface area contributed by atoms with Crippen molar-refractivity contribution in [3.05, 3.63) is 42.0 Å². The summed E-state index contributed by atoms with van der Waals surface area (Å²) in [5, 5.41) is 9.10. The summed E-state index contributed by atoms with van der Waals surface area (Å²) < 4.78 is 0. The Morgan fingerprint density at radius 3 is 2.50 bits per heavy atom. The topological polar surface area (TPSA) is 37.3 Å². The third kappa shape index (κ3) is 3.54. The first-order valence-electron chi connectivity index (χ1n) is 5.61. The zero-order valence-corrected chi connectivity index (χ0v) is 9.76. The van der Waals surface area contributed by atoms with E-state index < -0.39 is 11.9 Å². The van der Waals surface area contributed by atoms with Crippen LogP contribution >= 0.6 is 0 Å². The third-order valence-corrected chi connectivity index (χ3v) is 2.84. The number of hydrogen-bond donors (Lipinski definition) is 1. The number of carboxylic acid groups (broad SMARTS) is 1. The monoisotopic (exact) mass is 218 g/mol. The molecule has 1 aromatic rings. The maximum atomic E-state index is 11.1. The first-order chi connectivity index (χ1) is 7.65. The van der Waals surface area contributed by atoms with E-state index in [1.54, 1.807) is 6.08 Å². The molecule has 0 saturated heterocycles. The van der Waals surface area contributed by atoms with E-state index in [4.69, 9.17) is 5.11 Å². The average Bonchev–Trinajstić information content (AvgIpc) is 2.30. The van der Waals surface area contributed by atoms with Gasteiger partial charge in [0.05, 0.1) is 5.92 Å². The Balaban J connectivity index is 2.76. The van der Waals surface area contributed by atoms with Gasteiger partial charge in [-0.15, -0.1) is 0 Å². The van der Waals surface area contributed by atoms with Gasteiger partial charge in [-0.1, -0.05) is 62.8 Å². The molecule has 0 fully saturated rings. The number of carboxylic acids is 1. The molecule has 0 heterocycles. The molecule has 0 amide bonds. The summed E-state index contributed by atoms with van der Waals surface area (Å²) in [4.78, 5) is 11.1. The first kappa shape index (κ1) is 12.5. The van der Waals surface area contributed by atoms with Gasteiger partial charge in [0.25, 0.3) is 0 Å². The smallest absolute Gasteiger partial charge is 0.310 e. The van der Waals surface area contributed by atoms with Crippen molar-refractivity contribution in [2.45, 2.75) is 20.3 Å². The second-order valence-electron chi connectivity index (χ2n) is 4.02. The number of benzene rings is 1. The molecule has 1 rings (SSSR count). The molecule has 0 aliphatic heterocycles. The van der Waals surface area contributed by atoms with Gasteiger partial charge in [0.15, 0.2) is 0 Å². The van der Waals surface area contributed by atoms with Gasteiger partial charge in [-0.05, 0) is 11.5 Å². The van der Waals surface area contributed by atoms with Crippen molar-refractivity contribution in [1.82, 2.24) is 0 Å². The fourth-order valence-corrected chi connectivity index (χ4v) is 1.55. The van der Waals surface area contributed by atoms with Gasteiger partial charge in [-0.25, -0.2) is 0 Å². The molecule has 0 aromatic heterocycles. The predicted octanol–water partition coefficient (Wildman–Crippen LogP) is 3.45. The van der Waals surface area contributed by atoms with Crippen LogP contribution in [0, 0.1) is 11.8 Å². The molecule has 0 bridgehead atoms. The lowest BCUT2D eigenvalue weighted by Gasteiger charge is -2.14. The molecule has 2 atom stereocenters. The Morgan fingerprint density at radius 2 is 2.00 bits per heavy atom. The second-order valence-corrected chi connectivity index (χ2v) is 4.02. The van der Waals surface area contributed by atoms with Crippen molar-refractivity contribution >= 4 is 12.0 Å². The number of rotatable bonds is 5. The third-order valence-electron chi connectivity index (χ3n) is 2.84. The molecule has 0 aliphatic rings. The molecule has 0 saturated carbocycles. The number of hydrogen-bond acceptors (Lipinski definition) is 1. The van der Waals surface area contributed by atoms with Crippen LogP contribution in [-0.2, 0) is 4.79 Å². The fourth-order valence-electron chi connectivity index (χ4n) is 1.55. The van der Waals surface area contributed by atoms with E-state index >= 15 is 0 Å². The van der Waals surface area contributed by atoms with E-state index in [0.717, 1.165) is 12.0 Å².